The second-order valence-electron chi connectivity index (χ2n) is 6.93. The van der Waals surface area contributed by atoms with E-state index in [4.69, 9.17) is 16.3 Å². The molecule has 0 saturated carbocycles. The number of para-hydroxylation sites is 1. The summed E-state index contributed by atoms with van der Waals surface area (Å²) in [7, 11) is 1.54. The third kappa shape index (κ3) is 3.86. The number of nitrogens with one attached hydrogen (secondary N) is 2. The fourth-order valence-electron chi connectivity index (χ4n) is 3.75. The summed E-state index contributed by atoms with van der Waals surface area (Å²) >= 11 is 9.60. The topological polar surface area (TPSA) is 79.4 Å². The van der Waals surface area contributed by atoms with Crippen LogP contribution in [0.2, 0.25) is 5.02 Å². The Morgan fingerprint density at radius 1 is 1.28 bits per heavy atom. The molecule has 0 bridgehead atoms. The van der Waals surface area contributed by atoms with Gasteiger partial charge >= 0.3 is 11.7 Å². The maximum Gasteiger partial charge on any atom is 0.326 e. The van der Waals surface area contributed by atoms with E-state index in [1.807, 2.05) is 18.2 Å². The van der Waals surface area contributed by atoms with Crippen molar-refractivity contribution in [3.8, 4) is 5.75 Å². The van der Waals surface area contributed by atoms with Crippen molar-refractivity contribution in [3.05, 3.63) is 56.4 Å². The minimum atomic E-state index is -0.182. The van der Waals surface area contributed by atoms with Crippen molar-refractivity contribution in [2.45, 2.75) is 18.9 Å². The number of aromatic nitrogens is 2. The number of carbonyl (C=O) groups excluding carboxylic acids is 1. The van der Waals surface area contributed by atoms with Crippen LogP contribution >= 0.6 is 27.5 Å². The molecular weight excluding hydrogens is 460 g/mol. The second kappa shape index (κ2) is 8.12. The first-order valence-electron chi connectivity index (χ1n) is 9.26. The molecule has 3 aromatic rings. The van der Waals surface area contributed by atoms with Crippen molar-refractivity contribution in [1.29, 1.82) is 0 Å². The van der Waals surface area contributed by atoms with Gasteiger partial charge in [-0.2, -0.15) is 0 Å². The highest BCUT2D eigenvalue weighted by atomic mass is 79.9. The van der Waals surface area contributed by atoms with Crippen molar-refractivity contribution in [3.63, 3.8) is 0 Å². The number of methoxy groups -OCH3 is 1. The molecule has 0 aliphatic carbocycles. The van der Waals surface area contributed by atoms with Crippen molar-refractivity contribution in [1.82, 2.24) is 14.5 Å². The number of imidazole rings is 1. The lowest BCUT2D eigenvalue weighted by molar-refractivity contribution is 0.184. The highest BCUT2D eigenvalue weighted by molar-refractivity contribution is 9.10. The van der Waals surface area contributed by atoms with Gasteiger partial charge in [-0.3, -0.25) is 4.57 Å². The highest BCUT2D eigenvalue weighted by Crippen LogP contribution is 2.29. The Hall–Kier alpha value is -2.45. The van der Waals surface area contributed by atoms with Crippen LogP contribution in [0.5, 0.6) is 5.75 Å². The molecule has 152 valence electrons. The average molecular weight is 480 g/mol. The fraction of sp³-hybridized carbons (Fsp3) is 0.300. The number of aromatic amines is 1. The first kappa shape index (κ1) is 19.8. The monoisotopic (exact) mass is 478 g/mol. The molecule has 1 aromatic heterocycles. The molecule has 9 heteroatoms. The summed E-state index contributed by atoms with van der Waals surface area (Å²) < 4.78 is 7.79. The number of urea groups is 1. The Morgan fingerprint density at radius 2 is 2.03 bits per heavy atom. The number of benzene rings is 2. The third-order valence-corrected chi connectivity index (χ3v) is 6.18. The molecule has 1 aliphatic rings. The molecule has 0 unspecified atom stereocenters. The molecule has 1 saturated heterocycles. The van der Waals surface area contributed by atoms with E-state index in [1.54, 1.807) is 34.8 Å². The van der Waals surface area contributed by atoms with E-state index in [0.29, 0.717) is 42.4 Å². The first-order valence-corrected chi connectivity index (χ1v) is 10.4. The lowest BCUT2D eigenvalue weighted by Gasteiger charge is -2.32. The van der Waals surface area contributed by atoms with E-state index >= 15 is 0 Å². The van der Waals surface area contributed by atoms with E-state index in [2.05, 4.69) is 26.2 Å². The Morgan fingerprint density at radius 3 is 2.72 bits per heavy atom. The summed E-state index contributed by atoms with van der Waals surface area (Å²) in [5, 5.41) is 3.31. The summed E-state index contributed by atoms with van der Waals surface area (Å²) in [6, 6.07) is 10.7. The quantitative estimate of drug-likeness (QED) is 0.575. The van der Waals surface area contributed by atoms with E-state index < -0.39 is 0 Å². The highest BCUT2D eigenvalue weighted by Gasteiger charge is 2.26. The van der Waals surface area contributed by atoms with Gasteiger partial charge in [0.05, 0.1) is 23.2 Å². The van der Waals surface area contributed by atoms with Crippen molar-refractivity contribution < 1.29 is 9.53 Å². The smallest absolute Gasteiger partial charge is 0.326 e. The molecular formula is C20H20BrClN4O3. The molecule has 2 amide bonds. The van der Waals surface area contributed by atoms with Gasteiger partial charge in [0.25, 0.3) is 0 Å². The van der Waals surface area contributed by atoms with Crippen molar-refractivity contribution in [2.24, 2.45) is 0 Å². The minimum Gasteiger partial charge on any atom is -0.495 e. The number of amides is 2. The van der Waals surface area contributed by atoms with Crippen LogP contribution in [0.25, 0.3) is 11.0 Å². The molecule has 2 N–H and O–H groups in total. The number of halogens is 2. The Balaban J connectivity index is 1.44. The molecule has 1 aliphatic heterocycles. The average Bonchev–Trinajstić information content (AvgIpc) is 3.05. The fourth-order valence-corrected chi connectivity index (χ4v) is 4.46. The van der Waals surface area contributed by atoms with Gasteiger partial charge in [0.1, 0.15) is 5.75 Å². The first-order chi connectivity index (χ1) is 14.0. The number of carbonyl (C=O) groups is 1. The number of H-pyrrole nitrogens is 1. The van der Waals surface area contributed by atoms with Crippen LogP contribution in [0.1, 0.15) is 18.9 Å². The Labute approximate surface area is 180 Å². The van der Waals surface area contributed by atoms with Gasteiger partial charge in [0, 0.05) is 29.3 Å². The lowest BCUT2D eigenvalue weighted by Crippen LogP contribution is -2.42. The molecule has 2 aromatic carbocycles. The summed E-state index contributed by atoms with van der Waals surface area (Å²) in [6.07, 6.45) is 1.41. The zero-order chi connectivity index (χ0) is 20.5. The molecule has 7 nitrogen and oxygen atoms in total. The van der Waals surface area contributed by atoms with Crippen LogP contribution in [-0.2, 0) is 0 Å². The van der Waals surface area contributed by atoms with Crippen LogP contribution in [0.3, 0.4) is 0 Å². The van der Waals surface area contributed by atoms with Gasteiger partial charge in [-0.15, -0.1) is 0 Å². The van der Waals surface area contributed by atoms with Gasteiger partial charge in [0.2, 0.25) is 0 Å². The van der Waals surface area contributed by atoms with Gasteiger partial charge in [0.15, 0.2) is 0 Å². The predicted molar refractivity (Wildman–Crippen MR) is 117 cm³/mol. The van der Waals surface area contributed by atoms with Crippen LogP contribution in [0, 0.1) is 0 Å². The standard InChI is InChI=1S/C20H20BrClN4O3/c1-29-17-6-5-12(11-15(17)22)23-19(27)25-9-7-13(8-10-25)26-16-4-2-3-14(21)18(16)24-20(26)28/h2-6,11,13H,7-10H2,1H3,(H,23,27)(H,24,28). The normalized spacial score (nSPS) is 14.9. The molecule has 0 radical (unpaired) electrons. The van der Waals surface area contributed by atoms with Crippen molar-refractivity contribution >= 4 is 50.3 Å². The number of hydrogen-bond acceptors (Lipinski definition) is 3. The molecule has 0 atom stereocenters. The number of rotatable bonds is 3. The SMILES string of the molecule is COc1ccc(NC(=O)N2CCC(n3c(=O)[nH]c4c(Br)cccc43)CC2)cc1Cl. The number of likely N-dealkylation sites (tertiary alicyclic amines) is 1. The molecule has 29 heavy (non-hydrogen) atoms. The summed E-state index contributed by atoms with van der Waals surface area (Å²) in [4.78, 5) is 29.8. The number of fused-ring (bicyclic) bond motifs is 1. The lowest BCUT2D eigenvalue weighted by atomic mass is 10.0. The maximum absolute atomic E-state index is 12.6. The summed E-state index contributed by atoms with van der Waals surface area (Å²) in [5.41, 5.74) is 2.16. The number of hydrogen-bond donors (Lipinski definition) is 2. The number of anilines is 1. The molecule has 4 rings (SSSR count). The minimum absolute atomic E-state index is 0.0463. The van der Waals surface area contributed by atoms with E-state index in [0.717, 1.165) is 15.5 Å². The van der Waals surface area contributed by atoms with Crippen LogP contribution in [0.15, 0.2) is 45.7 Å². The van der Waals surface area contributed by atoms with E-state index in [-0.39, 0.29) is 17.8 Å². The zero-order valence-electron chi connectivity index (χ0n) is 15.7. The second-order valence-corrected chi connectivity index (χ2v) is 8.19. The van der Waals surface area contributed by atoms with E-state index in [9.17, 15) is 9.59 Å². The Bertz CT molecular complexity index is 1120. The molecule has 1 fully saturated rings. The third-order valence-electron chi connectivity index (χ3n) is 5.22. The van der Waals surface area contributed by atoms with Crippen LogP contribution in [-0.4, -0.2) is 40.7 Å². The Kier molecular flexibility index (Phi) is 5.56. The zero-order valence-corrected chi connectivity index (χ0v) is 18.1. The number of ether oxygens (including phenoxy) is 1. The molecule has 2 heterocycles. The summed E-state index contributed by atoms with van der Waals surface area (Å²) in [6.45, 7) is 1.13. The van der Waals surface area contributed by atoms with Gasteiger partial charge in [-0.05, 0) is 59.1 Å². The van der Waals surface area contributed by atoms with Gasteiger partial charge < -0.3 is 19.9 Å². The van der Waals surface area contributed by atoms with Crippen LogP contribution < -0.4 is 15.7 Å². The largest absolute Gasteiger partial charge is 0.495 e. The van der Waals surface area contributed by atoms with E-state index in [1.165, 1.54) is 0 Å². The predicted octanol–water partition coefficient (Wildman–Crippen LogP) is 4.62. The van der Waals surface area contributed by atoms with Gasteiger partial charge in [-0.25, -0.2) is 9.59 Å². The van der Waals surface area contributed by atoms with Gasteiger partial charge in [-0.1, -0.05) is 17.7 Å². The number of nitrogens with zero attached hydrogens (tertiary/aromatic N) is 2. The number of piperidine rings is 1. The summed E-state index contributed by atoms with van der Waals surface area (Å²) in [5.74, 6) is 0.557. The van der Waals surface area contributed by atoms with Crippen LogP contribution in [0.4, 0.5) is 10.5 Å². The maximum atomic E-state index is 12.6. The molecule has 0 spiro atoms. The van der Waals surface area contributed by atoms with Crippen molar-refractivity contribution in [2.75, 3.05) is 25.5 Å².